The van der Waals surface area contributed by atoms with Gasteiger partial charge in [-0.25, -0.2) is 0 Å². The van der Waals surface area contributed by atoms with Gasteiger partial charge >= 0.3 is 0 Å². The van der Waals surface area contributed by atoms with E-state index in [0.29, 0.717) is 17.7 Å². The van der Waals surface area contributed by atoms with Gasteiger partial charge in [0.05, 0.1) is 5.92 Å². The second-order valence-electron chi connectivity index (χ2n) is 11.2. The lowest BCUT2D eigenvalue weighted by molar-refractivity contribution is -0.145. The molecule has 1 N–H and O–H groups in total. The predicted molar refractivity (Wildman–Crippen MR) is 108 cm³/mol. The maximum absolute atomic E-state index is 13.6. The lowest BCUT2D eigenvalue weighted by atomic mass is 9.57. The van der Waals surface area contributed by atoms with Crippen LogP contribution in [0.4, 0.5) is 5.69 Å². The van der Waals surface area contributed by atoms with Crippen LogP contribution in [0.1, 0.15) is 37.2 Å². The van der Waals surface area contributed by atoms with E-state index in [1.54, 1.807) is 0 Å². The Bertz CT molecular complexity index is 944. The Morgan fingerprint density at radius 1 is 0.897 bits per heavy atom. The van der Waals surface area contributed by atoms with Crippen molar-refractivity contribution in [2.45, 2.75) is 31.6 Å². The van der Waals surface area contributed by atoms with Gasteiger partial charge in [-0.3, -0.25) is 9.59 Å². The van der Waals surface area contributed by atoms with Crippen LogP contribution in [0, 0.1) is 59.2 Å². The largest absolute Gasteiger partial charge is 0.342 e. The third-order valence-corrected chi connectivity index (χ3v) is 10.8. The van der Waals surface area contributed by atoms with Crippen LogP contribution in [0.3, 0.4) is 0 Å². The number of carbonyl (C=O) groups is 2. The lowest BCUT2D eigenvalue weighted by Crippen LogP contribution is -2.51. The summed E-state index contributed by atoms with van der Waals surface area (Å²) in [5.74, 6) is 8.50. The first-order valence-electron chi connectivity index (χ1n) is 11.9. The van der Waals surface area contributed by atoms with Gasteiger partial charge in [-0.05, 0) is 90.6 Å². The van der Waals surface area contributed by atoms with E-state index < -0.39 is 0 Å². The molecule has 0 aromatic heterocycles. The Hall–Kier alpha value is -1.84. The molecule has 2 amide bonds. The zero-order chi connectivity index (χ0) is 19.0. The van der Waals surface area contributed by atoms with E-state index in [1.807, 2.05) is 18.2 Å². The quantitative estimate of drug-likeness (QED) is 0.845. The second-order valence-corrected chi connectivity index (χ2v) is 11.2. The Morgan fingerprint density at radius 2 is 1.62 bits per heavy atom. The molecule has 6 fully saturated rings. The van der Waals surface area contributed by atoms with Crippen LogP contribution in [0.15, 0.2) is 24.3 Å². The molecule has 5 aliphatic carbocycles. The van der Waals surface area contributed by atoms with Gasteiger partial charge in [0, 0.05) is 24.7 Å². The van der Waals surface area contributed by atoms with Crippen molar-refractivity contribution >= 4 is 17.5 Å². The molecule has 10 atom stereocenters. The molecule has 1 aromatic rings. The molecule has 0 spiro atoms. The topological polar surface area (TPSA) is 49.4 Å². The standard InChI is InChI=1S/C25H28N2O2/c28-24-18(12-3-1-2-4-17(12)26-24)11-5-7-27(8-6-11)25(29)23-20-14-10-15-19-13(14)9-16(20)21(19)22(15)23/h1-4,11,13-16,18-23H,5-10H2,(H,26,28). The van der Waals surface area contributed by atoms with Crippen LogP contribution in [0.25, 0.3) is 0 Å². The van der Waals surface area contributed by atoms with E-state index in [4.69, 9.17) is 0 Å². The lowest BCUT2D eigenvalue weighted by Gasteiger charge is -2.48. The van der Waals surface area contributed by atoms with Gasteiger partial charge < -0.3 is 10.2 Å². The molecule has 2 aliphatic heterocycles. The molecule has 8 rings (SSSR count). The van der Waals surface area contributed by atoms with Crippen molar-refractivity contribution in [2.75, 3.05) is 18.4 Å². The molecule has 150 valence electrons. The highest BCUT2D eigenvalue weighted by atomic mass is 16.2. The minimum atomic E-state index is -0.0265. The van der Waals surface area contributed by atoms with E-state index in [0.717, 1.165) is 84.5 Å². The van der Waals surface area contributed by atoms with Crippen molar-refractivity contribution in [3.8, 4) is 0 Å². The molecule has 0 radical (unpaired) electrons. The molecule has 4 heteroatoms. The number of fused-ring (bicyclic) bond motifs is 3. The molecule has 1 aromatic carbocycles. The molecule has 10 unspecified atom stereocenters. The number of benzene rings is 1. The first-order valence-corrected chi connectivity index (χ1v) is 11.9. The van der Waals surface area contributed by atoms with Gasteiger partial charge in [0.1, 0.15) is 0 Å². The number of carbonyl (C=O) groups excluding carboxylic acids is 2. The highest BCUT2D eigenvalue weighted by Gasteiger charge is 2.81. The molecular weight excluding hydrogens is 360 g/mol. The summed E-state index contributed by atoms with van der Waals surface area (Å²) in [5, 5.41) is 3.06. The van der Waals surface area contributed by atoms with Crippen LogP contribution >= 0.6 is 0 Å². The van der Waals surface area contributed by atoms with Crippen molar-refractivity contribution in [2.24, 2.45) is 59.2 Å². The van der Waals surface area contributed by atoms with Crippen LogP contribution in [-0.2, 0) is 9.59 Å². The number of likely N-dealkylation sites (tertiary alicyclic amines) is 1. The van der Waals surface area contributed by atoms with Crippen molar-refractivity contribution in [3.63, 3.8) is 0 Å². The first kappa shape index (κ1) is 15.9. The molecule has 2 heterocycles. The Kier molecular flexibility index (Phi) is 2.78. The molecule has 4 nitrogen and oxygen atoms in total. The van der Waals surface area contributed by atoms with Gasteiger partial charge in [-0.2, -0.15) is 0 Å². The minimum Gasteiger partial charge on any atom is -0.342 e. The molecule has 5 saturated carbocycles. The fraction of sp³-hybridized carbons (Fsp3) is 0.680. The molecular formula is C25H28N2O2. The monoisotopic (exact) mass is 388 g/mol. The summed E-state index contributed by atoms with van der Waals surface area (Å²) in [7, 11) is 0. The number of nitrogens with one attached hydrogen (secondary N) is 1. The first-order chi connectivity index (χ1) is 14.2. The van der Waals surface area contributed by atoms with Gasteiger partial charge in [-0.15, -0.1) is 0 Å². The SMILES string of the molecule is O=C1Nc2ccccc2C1C1CCN(C(=O)C2C3C4CC5C6C4CC3C6C52)CC1. The Balaban J connectivity index is 1.01. The smallest absolute Gasteiger partial charge is 0.232 e. The molecule has 7 aliphatic rings. The normalized spacial score (nSPS) is 50.2. The van der Waals surface area contributed by atoms with Crippen molar-refractivity contribution in [3.05, 3.63) is 29.8 Å². The van der Waals surface area contributed by atoms with E-state index in [2.05, 4.69) is 16.3 Å². The zero-order valence-electron chi connectivity index (χ0n) is 16.7. The van der Waals surface area contributed by atoms with E-state index in [9.17, 15) is 9.59 Å². The van der Waals surface area contributed by atoms with Gasteiger partial charge in [0.25, 0.3) is 0 Å². The van der Waals surface area contributed by atoms with Gasteiger partial charge in [0.15, 0.2) is 0 Å². The van der Waals surface area contributed by atoms with Gasteiger partial charge in [-0.1, -0.05) is 18.2 Å². The number of rotatable bonds is 2. The summed E-state index contributed by atoms with van der Waals surface area (Å²) in [5.41, 5.74) is 2.14. The summed E-state index contributed by atoms with van der Waals surface area (Å²) < 4.78 is 0. The van der Waals surface area contributed by atoms with Crippen LogP contribution in [-0.4, -0.2) is 29.8 Å². The number of hydrogen-bond donors (Lipinski definition) is 1. The summed E-state index contributed by atoms with van der Waals surface area (Å²) >= 11 is 0. The Labute approximate surface area is 171 Å². The third-order valence-electron chi connectivity index (χ3n) is 10.8. The Morgan fingerprint density at radius 3 is 2.45 bits per heavy atom. The summed E-state index contributed by atoms with van der Waals surface area (Å²) in [4.78, 5) is 28.5. The fourth-order valence-electron chi connectivity index (χ4n) is 10.2. The number of piperidine rings is 1. The number of amides is 2. The number of nitrogens with zero attached hydrogens (tertiary/aromatic N) is 1. The second kappa shape index (κ2) is 5.07. The highest BCUT2D eigenvalue weighted by Crippen LogP contribution is 2.84. The van der Waals surface area contributed by atoms with E-state index in [1.165, 1.54) is 12.8 Å². The van der Waals surface area contributed by atoms with Crippen molar-refractivity contribution in [1.82, 2.24) is 4.90 Å². The summed E-state index contributed by atoms with van der Waals surface area (Å²) in [6.07, 6.45) is 4.84. The van der Waals surface area contributed by atoms with Gasteiger partial charge in [0.2, 0.25) is 11.8 Å². The van der Waals surface area contributed by atoms with Crippen LogP contribution in [0.5, 0.6) is 0 Å². The maximum atomic E-state index is 13.6. The number of anilines is 1. The van der Waals surface area contributed by atoms with E-state index >= 15 is 0 Å². The molecule has 2 bridgehead atoms. The minimum absolute atomic E-state index is 0.0265. The van der Waals surface area contributed by atoms with Crippen molar-refractivity contribution < 1.29 is 9.59 Å². The average Bonchev–Trinajstić information content (AvgIpc) is 3.38. The third kappa shape index (κ3) is 1.69. The average molecular weight is 389 g/mol. The van der Waals surface area contributed by atoms with Crippen LogP contribution < -0.4 is 5.32 Å². The molecule has 1 saturated heterocycles. The fourth-order valence-corrected chi connectivity index (χ4v) is 10.2. The van der Waals surface area contributed by atoms with Crippen LogP contribution in [0.2, 0.25) is 0 Å². The maximum Gasteiger partial charge on any atom is 0.232 e. The van der Waals surface area contributed by atoms with E-state index in [-0.39, 0.29) is 11.8 Å². The summed E-state index contributed by atoms with van der Waals surface area (Å²) in [6.45, 7) is 1.70. The highest BCUT2D eigenvalue weighted by molar-refractivity contribution is 6.03. The predicted octanol–water partition coefficient (Wildman–Crippen LogP) is 3.35. The number of para-hydroxylation sites is 1. The number of hydrogen-bond acceptors (Lipinski definition) is 2. The zero-order valence-corrected chi connectivity index (χ0v) is 16.7. The van der Waals surface area contributed by atoms with Crippen molar-refractivity contribution in [1.29, 1.82) is 0 Å². The summed E-state index contributed by atoms with van der Waals surface area (Å²) in [6, 6.07) is 8.12. The molecule has 29 heavy (non-hydrogen) atoms.